The number of nitrogen functional groups attached to an aromatic ring is 2. The lowest BCUT2D eigenvalue weighted by Gasteiger charge is -2.17. The maximum Gasteiger partial charge on any atom is 0.413 e. The molecule has 22 nitrogen and oxygen atoms in total. The molecule has 0 saturated heterocycles. The Hall–Kier alpha value is -9.05. The summed E-state index contributed by atoms with van der Waals surface area (Å²) >= 11 is 0. The number of aliphatic carboxylic acids is 1. The summed E-state index contributed by atoms with van der Waals surface area (Å²) in [6.07, 6.45) is 2.06. The Bertz CT molecular complexity index is 3090. The van der Waals surface area contributed by atoms with Crippen molar-refractivity contribution < 1.29 is 43.3 Å². The van der Waals surface area contributed by atoms with Crippen LogP contribution in [0.1, 0.15) is 65.1 Å². The molecule has 4 aromatic carbocycles. The molecule has 0 aliphatic heterocycles. The molecule has 0 saturated carbocycles. The number of aromatic nitrogens is 4. The van der Waals surface area contributed by atoms with Crippen molar-refractivity contribution in [2.75, 3.05) is 36.3 Å². The molecule has 10 N–H and O–H groups in total. The highest BCUT2D eigenvalue weighted by Crippen LogP contribution is 2.25. The van der Waals surface area contributed by atoms with E-state index in [0.29, 0.717) is 16.7 Å². The van der Waals surface area contributed by atoms with Crippen molar-refractivity contribution >= 4 is 71.2 Å². The van der Waals surface area contributed by atoms with Gasteiger partial charge in [-0.1, -0.05) is 54.6 Å². The van der Waals surface area contributed by atoms with Gasteiger partial charge >= 0.3 is 24.0 Å². The molecular formula is C50H56ClN11O11. The highest BCUT2D eigenvalue weighted by Gasteiger charge is 2.20. The zero-order chi connectivity index (χ0) is 52.6. The number of anilines is 4. The number of nitrogens with zero attached hydrogens (tertiary/aromatic N) is 4. The lowest BCUT2D eigenvalue weighted by Crippen LogP contribution is -2.35. The number of esters is 2. The molecule has 2 heterocycles. The van der Waals surface area contributed by atoms with E-state index < -0.39 is 47.6 Å². The van der Waals surface area contributed by atoms with Crippen molar-refractivity contribution in [3.05, 3.63) is 152 Å². The summed E-state index contributed by atoms with van der Waals surface area (Å²) in [5.74, 6) is -2.88. The fourth-order valence-corrected chi connectivity index (χ4v) is 6.82. The molecule has 384 valence electrons. The highest BCUT2D eigenvalue weighted by atomic mass is 35.5. The van der Waals surface area contributed by atoms with Crippen LogP contribution in [0.25, 0.3) is 22.5 Å². The van der Waals surface area contributed by atoms with E-state index in [-0.39, 0.29) is 95.5 Å². The molecule has 0 fully saturated rings. The summed E-state index contributed by atoms with van der Waals surface area (Å²) in [7, 11) is 2.48. The Kier molecular flexibility index (Phi) is 20.3. The SMILES string of the molecule is COC(=O)c1cc(N)cc(-c2cnc(NC(C)C)c(=O)n2CC(=O)NCc2ccc(C(=N)NC(=O)OCc3ccccc3)cc2)c1.COC(=O)c1cc(N)cc(-c2cnc(NC(C)C)c(=O)n2CC(=O)O)c1.Cl. The van der Waals surface area contributed by atoms with Crippen LogP contribution in [-0.4, -0.2) is 86.3 Å². The number of amidine groups is 1. The first-order chi connectivity index (χ1) is 34.3. The molecule has 2 amide bonds. The minimum Gasteiger partial charge on any atom is -0.480 e. The second-order valence-electron chi connectivity index (χ2n) is 16.5. The number of hydrogen-bond acceptors (Lipinski definition) is 17. The number of methoxy groups -OCH3 is 2. The van der Waals surface area contributed by atoms with E-state index >= 15 is 0 Å². The second kappa shape index (κ2) is 26.2. The van der Waals surface area contributed by atoms with E-state index in [2.05, 4.69) is 36.0 Å². The number of carbonyl (C=O) groups excluding carboxylic acids is 4. The normalized spacial score (nSPS) is 10.5. The van der Waals surface area contributed by atoms with Crippen LogP contribution >= 0.6 is 12.4 Å². The Morgan fingerprint density at radius 2 is 1.15 bits per heavy atom. The van der Waals surface area contributed by atoms with Gasteiger partial charge in [-0.3, -0.25) is 39.0 Å². The number of hydrogen-bond donors (Lipinski definition) is 8. The molecule has 0 unspecified atom stereocenters. The maximum absolute atomic E-state index is 13.4. The fourth-order valence-electron chi connectivity index (χ4n) is 6.82. The molecule has 0 radical (unpaired) electrons. The number of alkyl carbamates (subject to hydrolysis) is 1. The van der Waals surface area contributed by atoms with Gasteiger partial charge in [-0.25, -0.2) is 24.4 Å². The predicted molar refractivity (Wildman–Crippen MR) is 277 cm³/mol. The molecule has 73 heavy (non-hydrogen) atoms. The quantitative estimate of drug-likeness (QED) is 0.0190. The van der Waals surface area contributed by atoms with Crippen LogP contribution < -0.4 is 43.9 Å². The molecule has 6 aromatic rings. The standard InChI is InChI=1S/C33H35N7O6.C17H20N4O5.ClH/c1-20(2)38-30-31(42)40(27(17-37-30)24-13-25(32(43)45-3)15-26(34)14-24)18-28(41)36-16-21-9-11-23(12-10-21)29(35)39-33(44)46-19-22-7-5-4-6-8-22;1-9(2)20-15-16(24)21(8-14(22)23)13(7-19-15)10-4-11(17(25)26-3)6-12(18)5-10;/h4-15,17,20H,16,18-19,34H2,1-3H3,(H,36,41)(H,37,38)(H2,35,39,44);4-7,9H,8,18H2,1-3H3,(H,19,20)(H,22,23);1H. The third kappa shape index (κ3) is 16.0. The van der Waals surface area contributed by atoms with Gasteiger partial charge < -0.3 is 46.7 Å². The molecule has 2 aromatic heterocycles. The van der Waals surface area contributed by atoms with Gasteiger partial charge in [-0.05, 0) is 75.2 Å². The van der Waals surface area contributed by atoms with E-state index in [1.807, 2.05) is 58.0 Å². The lowest BCUT2D eigenvalue weighted by molar-refractivity contribution is -0.137. The first-order valence-corrected chi connectivity index (χ1v) is 22.1. The van der Waals surface area contributed by atoms with Gasteiger partial charge in [0, 0.05) is 46.7 Å². The number of benzene rings is 4. The molecule has 0 aliphatic rings. The van der Waals surface area contributed by atoms with Gasteiger partial charge in [0.1, 0.15) is 25.5 Å². The van der Waals surface area contributed by atoms with E-state index in [9.17, 15) is 38.7 Å². The number of nitrogens with one attached hydrogen (secondary N) is 5. The van der Waals surface area contributed by atoms with Gasteiger partial charge in [0.05, 0.1) is 49.1 Å². The first kappa shape index (κ1) is 56.5. The third-order valence-electron chi connectivity index (χ3n) is 10.1. The van der Waals surface area contributed by atoms with Crippen LogP contribution in [0, 0.1) is 5.41 Å². The summed E-state index contributed by atoms with van der Waals surface area (Å²) in [4.78, 5) is 94.8. The number of nitrogens with two attached hydrogens (primary N) is 2. The number of ether oxygens (including phenoxy) is 3. The Morgan fingerprint density at radius 1 is 0.671 bits per heavy atom. The Balaban J connectivity index is 0.000000363. The molecule has 23 heteroatoms. The monoisotopic (exact) mass is 1020 g/mol. The minimum atomic E-state index is -1.19. The van der Waals surface area contributed by atoms with Crippen molar-refractivity contribution in [3.63, 3.8) is 0 Å². The van der Waals surface area contributed by atoms with E-state index in [1.165, 1.54) is 61.5 Å². The van der Waals surface area contributed by atoms with Crippen LogP contribution in [0.2, 0.25) is 0 Å². The van der Waals surface area contributed by atoms with Gasteiger partial charge in [0.15, 0.2) is 11.6 Å². The summed E-state index contributed by atoms with van der Waals surface area (Å²) < 4.78 is 17.0. The van der Waals surface area contributed by atoms with Gasteiger partial charge in [-0.2, -0.15) is 0 Å². The van der Waals surface area contributed by atoms with Crippen LogP contribution in [-0.2, 0) is 50.0 Å². The second-order valence-corrected chi connectivity index (χ2v) is 16.5. The van der Waals surface area contributed by atoms with Crippen molar-refractivity contribution in [2.45, 2.75) is 66.0 Å². The van der Waals surface area contributed by atoms with Crippen molar-refractivity contribution in [3.8, 4) is 22.5 Å². The number of rotatable bonds is 17. The third-order valence-corrected chi connectivity index (χ3v) is 10.1. The number of halogens is 1. The zero-order valence-corrected chi connectivity index (χ0v) is 41.5. The largest absolute Gasteiger partial charge is 0.480 e. The summed E-state index contributed by atoms with van der Waals surface area (Å²) in [5.41, 5.74) is 14.9. The van der Waals surface area contributed by atoms with Crippen LogP contribution in [0.3, 0.4) is 0 Å². The van der Waals surface area contributed by atoms with Gasteiger partial charge in [0.25, 0.3) is 11.1 Å². The van der Waals surface area contributed by atoms with Gasteiger partial charge in [-0.15, -0.1) is 12.4 Å². The molecule has 0 atom stereocenters. The summed E-state index contributed by atoms with van der Waals surface area (Å²) in [6, 6.07) is 24.7. The Morgan fingerprint density at radius 3 is 1.60 bits per heavy atom. The molecule has 0 bridgehead atoms. The minimum absolute atomic E-state index is 0. The van der Waals surface area contributed by atoms with Crippen LogP contribution in [0.15, 0.2) is 113 Å². The average molecular weight is 1020 g/mol. The highest BCUT2D eigenvalue weighted by molar-refractivity contribution is 6.04. The number of carboxylic acids is 1. The summed E-state index contributed by atoms with van der Waals surface area (Å²) in [6.45, 7) is 6.68. The fraction of sp³-hybridized carbons (Fsp3) is 0.240. The van der Waals surface area contributed by atoms with Crippen LogP contribution in [0.5, 0.6) is 0 Å². The van der Waals surface area contributed by atoms with Crippen LogP contribution in [0.4, 0.5) is 27.8 Å². The van der Waals surface area contributed by atoms with Crippen molar-refractivity contribution in [1.82, 2.24) is 29.7 Å². The molecule has 0 aliphatic carbocycles. The topological polar surface area (TPSA) is 327 Å². The number of amides is 2. The van der Waals surface area contributed by atoms with E-state index in [4.69, 9.17) is 26.4 Å². The van der Waals surface area contributed by atoms with Gasteiger partial charge in [0.2, 0.25) is 5.91 Å². The molecule has 6 rings (SSSR count). The molecule has 0 spiro atoms. The maximum atomic E-state index is 13.4. The van der Waals surface area contributed by atoms with Crippen molar-refractivity contribution in [1.29, 1.82) is 5.41 Å². The predicted octanol–water partition coefficient (Wildman–Crippen LogP) is 5.27. The zero-order valence-electron chi connectivity index (χ0n) is 40.7. The molecular weight excluding hydrogens is 966 g/mol. The smallest absolute Gasteiger partial charge is 0.413 e. The van der Waals surface area contributed by atoms with E-state index in [1.54, 1.807) is 30.3 Å². The summed E-state index contributed by atoms with van der Waals surface area (Å²) in [5, 5.41) is 28.4. The van der Waals surface area contributed by atoms with Crippen molar-refractivity contribution in [2.24, 2.45) is 0 Å². The average Bonchev–Trinajstić information content (AvgIpc) is 3.34. The number of carbonyl (C=O) groups is 5. The van der Waals surface area contributed by atoms with E-state index in [0.717, 1.165) is 15.7 Å². The number of carboxylic acid groups (broad SMARTS) is 1. The Labute approximate surface area is 425 Å². The first-order valence-electron chi connectivity index (χ1n) is 22.1. The lowest BCUT2D eigenvalue weighted by atomic mass is 10.1.